The molecule has 2 aromatic rings. The molecule has 0 atom stereocenters. The van der Waals surface area contributed by atoms with Crippen molar-refractivity contribution >= 4 is 12.0 Å². The fraction of sp³-hybridized carbons (Fsp3) is 0.455. The first-order valence-electron chi connectivity index (χ1n) is 10.7. The summed E-state index contributed by atoms with van der Waals surface area (Å²) in [7, 11) is 0. The average Bonchev–Trinajstić information content (AvgIpc) is 2.78. The van der Waals surface area contributed by atoms with Gasteiger partial charge in [0, 0.05) is 31.5 Å². The van der Waals surface area contributed by atoms with Gasteiger partial charge in [0.25, 0.3) is 0 Å². The van der Waals surface area contributed by atoms with Gasteiger partial charge in [-0.1, -0.05) is 12.1 Å². The molecule has 0 unspecified atom stereocenters. The van der Waals surface area contributed by atoms with Crippen LogP contribution in [0, 0.1) is 0 Å². The third-order valence-electron chi connectivity index (χ3n) is 5.18. The molecule has 2 heterocycles. The number of carbonyl (C=O) groups excluding carboxylic acids is 2. The zero-order valence-electron chi connectivity index (χ0n) is 18.3. The number of nitrogens with one attached hydrogen (secondary N) is 1. The number of amides is 2. The zero-order valence-corrected chi connectivity index (χ0v) is 18.3. The minimum absolute atomic E-state index is 0.109. The van der Waals surface area contributed by atoms with Gasteiger partial charge >= 0.3 is 17.2 Å². The van der Waals surface area contributed by atoms with Gasteiger partial charge in [-0.2, -0.15) is 0 Å². The molecule has 3 rings (SSSR count). The summed E-state index contributed by atoms with van der Waals surface area (Å²) in [6.07, 6.45) is 3.70. The Labute approximate surface area is 185 Å². The van der Waals surface area contributed by atoms with Crippen LogP contribution in [0.4, 0.5) is 4.79 Å². The van der Waals surface area contributed by atoms with E-state index in [0.29, 0.717) is 50.6 Å². The quantitative estimate of drug-likeness (QED) is 0.641. The summed E-state index contributed by atoms with van der Waals surface area (Å²) in [4.78, 5) is 51.1. The van der Waals surface area contributed by atoms with E-state index in [9.17, 15) is 19.2 Å². The normalized spacial score (nSPS) is 14.1. The smallest absolute Gasteiger partial charge is 0.409 e. The largest absolute Gasteiger partial charge is 0.492 e. The van der Waals surface area contributed by atoms with Crippen molar-refractivity contribution in [3.8, 4) is 11.4 Å². The van der Waals surface area contributed by atoms with Gasteiger partial charge in [0.15, 0.2) is 0 Å². The molecule has 1 N–H and O–H groups in total. The van der Waals surface area contributed by atoms with E-state index < -0.39 is 11.1 Å². The molecule has 0 radical (unpaired) electrons. The van der Waals surface area contributed by atoms with Crippen molar-refractivity contribution in [2.24, 2.45) is 0 Å². The molecule has 1 aliphatic rings. The number of likely N-dealkylation sites (tertiary alicyclic amines) is 1. The van der Waals surface area contributed by atoms with E-state index in [1.807, 2.05) is 6.92 Å². The lowest BCUT2D eigenvalue weighted by Gasteiger charge is -2.31. The van der Waals surface area contributed by atoms with Crippen LogP contribution in [0.3, 0.4) is 0 Å². The van der Waals surface area contributed by atoms with Gasteiger partial charge in [-0.15, -0.1) is 0 Å². The van der Waals surface area contributed by atoms with Gasteiger partial charge in [-0.05, 0) is 38.8 Å². The first kappa shape index (κ1) is 23.1. The molecule has 1 aliphatic heterocycles. The van der Waals surface area contributed by atoms with E-state index in [1.54, 1.807) is 36.1 Å². The van der Waals surface area contributed by atoms with E-state index in [-0.39, 0.29) is 24.6 Å². The molecule has 10 nitrogen and oxygen atoms in total. The van der Waals surface area contributed by atoms with Crippen LogP contribution in [0.5, 0.6) is 5.75 Å². The zero-order chi connectivity index (χ0) is 23.1. The molecule has 2 amide bonds. The van der Waals surface area contributed by atoms with Crippen LogP contribution in [0.15, 0.2) is 46.2 Å². The van der Waals surface area contributed by atoms with Crippen molar-refractivity contribution in [3.63, 3.8) is 0 Å². The molecule has 1 aromatic heterocycles. The summed E-state index contributed by atoms with van der Waals surface area (Å²) in [5.41, 5.74) is -1.11. The highest BCUT2D eigenvalue weighted by molar-refractivity contribution is 5.76. The number of ether oxygens (including phenoxy) is 2. The molecule has 0 bridgehead atoms. The lowest BCUT2D eigenvalue weighted by Crippen LogP contribution is -2.48. The summed E-state index contributed by atoms with van der Waals surface area (Å²) in [5, 5.41) is 2.87. The monoisotopic (exact) mass is 444 g/mol. The van der Waals surface area contributed by atoms with E-state index in [0.717, 1.165) is 4.57 Å². The molecule has 1 aromatic carbocycles. The van der Waals surface area contributed by atoms with Gasteiger partial charge in [0.2, 0.25) is 5.91 Å². The predicted octanol–water partition coefficient (Wildman–Crippen LogP) is 1.13. The predicted molar refractivity (Wildman–Crippen MR) is 117 cm³/mol. The summed E-state index contributed by atoms with van der Waals surface area (Å²) in [6, 6.07) is 6.82. The SMILES string of the molecule is CCOC(=O)N1CCC(NC(=O)Cn2ccn(-c3ccccc3OCC)c(=O)c2=O)CC1. The number of hydrogen-bond acceptors (Lipinski definition) is 6. The molecule has 10 heteroatoms. The molecule has 1 saturated heterocycles. The third kappa shape index (κ3) is 5.37. The number of hydrogen-bond donors (Lipinski definition) is 1. The molecule has 32 heavy (non-hydrogen) atoms. The maximum absolute atomic E-state index is 12.7. The Morgan fingerprint density at radius 2 is 1.75 bits per heavy atom. The lowest BCUT2D eigenvalue weighted by atomic mass is 10.1. The summed E-state index contributed by atoms with van der Waals surface area (Å²) >= 11 is 0. The van der Waals surface area contributed by atoms with E-state index in [4.69, 9.17) is 9.47 Å². The first-order chi connectivity index (χ1) is 15.4. The second-order valence-corrected chi connectivity index (χ2v) is 7.33. The Balaban J connectivity index is 1.65. The number of piperidine rings is 1. The topological polar surface area (TPSA) is 112 Å². The van der Waals surface area contributed by atoms with Crippen molar-refractivity contribution < 1.29 is 19.1 Å². The molecule has 0 aliphatic carbocycles. The highest BCUT2D eigenvalue weighted by Gasteiger charge is 2.24. The van der Waals surface area contributed by atoms with Crippen molar-refractivity contribution in [3.05, 3.63) is 57.4 Å². The van der Waals surface area contributed by atoms with Crippen LogP contribution in [0.2, 0.25) is 0 Å². The second kappa shape index (κ2) is 10.7. The molecule has 172 valence electrons. The number of carbonyl (C=O) groups is 2. The van der Waals surface area contributed by atoms with Crippen LogP contribution in [0.25, 0.3) is 5.69 Å². The minimum atomic E-state index is -0.800. The highest BCUT2D eigenvalue weighted by atomic mass is 16.6. The maximum atomic E-state index is 12.7. The average molecular weight is 444 g/mol. The van der Waals surface area contributed by atoms with Gasteiger partial charge in [-0.3, -0.25) is 23.5 Å². The second-order valence-electron chi connectivity index (χ2n) is 7.33. The summed E-state index contributed by atoms with van der Waals surface area (Å²) in [6.45, 7) is 5.03. The Hall–Kier alpha value is -3.56. The van der Waals surface area contributed by atoms with E-state index >= 15 is 0 Å². The van der Waals surface area contributed by atoms with Crippen LogP contribution in [0.1, 0.15) is 26.7 Å². The molecular formula is C22H28N4O6. The number of rotatable bonds is 7. The number of aromatic nitrogens is 2. The van der Waals surface area contributed by atoms with Crippen LogP contribution in [-0.4, -0.2) is 58.4 Å². The molecule has 0 saturated carbocycles. The maximum Gasteiger partial charge on any atom is 0.409 e. The lowest BCUT2D eigenvalue weighted by molar-refractivity contribution is -0.122. The Morgan fingerprint density at radius 1 is 1.03 bits per heavy atom. The highest BCUT2D eigenvalue weighted by Crippen LogP contribution is 2.20. The van der Waals surface area contributed by atoms with Crippen molar-refractivity contribution in [2.45, 2.75) is 39.3 Å². The molecule has 0 spiro atoms. The van der Waals surface area contributed by atoms with Crippen LogP contribution < -0.4 is 21.2 Å². The van der Waals surface area contributed by atoms with Crippen molar-refractivity contribution in [2.75, 3.05) is 26.3 Å². The van der Waals surface area contributed by atoms with Crippen LogP contribution >= 0.6 is 0 Å². The Morgan fingerprint density at radius 3 is 2.44 bits per heavy atom. The fourth-order valence-corrected chi connectivity index (χ4v) is 3.61. The van der Waals surface area contributed by atoms with Crippen molar-refractivity contribution in [1.82, 2.24) is 19.4 Å². The number of para-hydroxylation sites is 2. The number of nitrogens with zero attached hydrogens (tertiary/aromatic N) is 3. The fourth-order valence-electron chi connectivity index (χ4n) is 3.61. The van der Waals surface area contributed by atoms with Crippen molar-refractivity contribution in [1.29, 1.82) is 0 Å². The van der Waals surface area contributed by atoms with Crippen LogP contribution in [-0.2, 0) is 16.1 Å². The Kier molecular flexibility index (Phi) is 7.69. The molecule has 1 fully saturated rings. The minimum Gasteiger partial charge on any atom is -0.492 e. The van der Waals surface area contributed by atoms with Gasteiger partial charge < -0.3 is 19.7 Å². The third-order valence-corrected chi connectivity index (χ3v) is 5.18. The van der Waals surface area contributed by atoms with Gasteiger partial charge in [0.05, 0.1) is 18.9 Å². The number of benzene rings is 1. The standard InChI is InChI=1S/C22H28N4O6/c1-3-31-18-8-6-5-7-17(18)26-14-13-25(20(28)21(26)29)15-19(27)23-16-9-11-24(12-10-16)22(30)32-4-2/h5-8,13-14,16H,3-4,9-12,15H2,1-2H3,(H,23,27). The van der Waals surface area contributed by atoms with Gasteiger partial charge in [-0.25, -0.2) is 4.79 Å². The van der Waals surface area contributed by atoms with E-state index in [1.165, 1.54) is 17.0 Å². The summed E-state index contributed by atoms with van der Waals surface area (Å²) in [5.74, 6) is 0.120. The van der Waals surface area contributed by atoms with Gasteiger partial charge in [0.1, 0.15) is 12.3 Å². The molecular weight excluding hydrogens is 416 g/mol. The first-order valence-corrected chi connectivity index (χ1v) is 10.7. The van der Waals surface area contributed by atoms with E-state index in [2.05, 4.69) is 5.32 Å². The Bertz CT molecular complexity index is 1070. The summed E-state index contributed by atoms with van der Waals surface area (Å²) < 4.78 is 12.8.